The topological polar surface area (TPSA) is 75.6 Å². The van der Waals surface area contributed by atoms with Gasteiger partial charge in [0.05, 0.1) is 12.7 Å². The van der Waals surface area contributed by atoms with E-state index >= 15 is 0 Å². The summed E-state index contributed by atoms with van der Waals surface area (Å²) in [4.78, 5) is 23.4. The van der Waals surface area contributed by atoms with E-state index in [4.69, 9.17) is 4.74 Å². The van der Waals surface area contributed by atoms with Gasteiger partial charge in [-0.05, 0) is 49.3 Å². The van der Waals surface area contributed by atoms with Crippen molar-refractivity contribution in [3.8, 4) is 0 Å². The van der Waals surface area contributed by atoms with Crippen LogP contribution >= 0.6 is 0 Å². The zero-order chi connectivity index (χ0) is 17.2. The Balaban J connectivity index is 1.56. The summed E-state index contributed by atoms with van der Waals surface area (Å²) in [5.41, 5.74) is 0.405. The average Bonchev–Trinajstić information content (AvgIpc) is 3.35. The molecule has 130 valence electrons. The van der Waals surface area contributed by atoms with Gasteiger partial charge in [0.15, 0.2) is 0 Å². The Morgan fingerprint density at radius 2 is 2.12 bits per heavy atom. The van der Waals surface area contributed by atoms with Gasteiger partial charge in [-0.15, -0.1) is 0 Å². The Hall–Kier alpha value is -1.88. The van der Waals surface area contributed by atoms with Crippen molar-refractivity contribution in [1.82, 2.24) is 0 Å². The standard InChI is InChI=1S/C19H25NO4/c1-13-4-2-7-16(10-13)24-12-14-5-3-6-15(11-14)20-17(21)19(8-9-19)18(22)23/h3,5-6,11,13,16H,2,4,7-10,12H2,1H3,(H,20,21)(H,22,23). The van der Waals surface area contributed by atoms with Crippen LogP contribution in [0.15, 0.2) is 24.3 Å². The monoisotopic (exact) mass is 331 g/mol. The van der Waals surface area contributed by atoms with Crippen molar-refractivity contribution in [3.63, 3.8) is 0 Å². The molecule has 0 spiro atoms. The maximum Gasteiger partial charge on any atom is 0.319 e. The van der Waals surface area contributed by atoms with Gasteiger partial charge in [0.2, 0.25) is 5.91 Å². The highest BCUT2D eigenvalue weighted by Crippen LogP contribution is 2.46. The second-order valence-electron chi connectivity index (χ2n) is 7.25. The molecule has 2 fully saturated rings. The lowest BCUT2D eigenvalue weighted by Crippen LogP contribution is -2.31. The van der Waals surface area contributed by atoms with Crippen LogP contribution in [-0.2, 0) is 20.9 Å². The third kappa shape index (κ3) is 3.78. The average molecular weight is 331 g/mol. The first-order chi connectivity index (χ1) is 11.5. The predicted octanol–water partition coefficient (Wildman–Crippen LogP) is 3.59. The molecule has 0 saturated heterocycles. The number of benzene rings is 1. The van der Waals surface area contributed by atoms with E-state index in [9.17, 15) is 14.7 Å². The van der Waals surface area contributed by atoms with Gasteiger partial charge in [-0.25, -0.2) is 0 Å². The van der Waals surface area contributed by atoms with Crippen LogP contribution in [0.1, 0.15) is 51.0 Å². The molecule has 2 aliphatic rings. The summed E-state index contributed by atoms with van der Waals surface area (Å²) in [5, 5.41) is 11.9. The largest absolute Gasteiger partial charge is 0.480 e. The molecule has 0 aliphatic heterocycles. The summed E-state index contributed by atoms with van der Waals surface area (Å²) in [7, 11) is 0. The SMILES string of the molecule is CC1CCCC(OCc2cccc(NC(=O)C3(C(=O)O)CC3)c2)C1. The minimum absolute atomic E-state index is 0.314. The third-order valence-electron chi connectivity index (χ3n) is 5.15. The smallest absolute Gasteiger partial charge is 0.319 e. The van der Waals surface area contributed by atoms with Gasteiger partial charge in [0, 0.05) is 5.69 Å². The molecule has 5 nitrogen and oxygen atoms in total. The molecule has 5 heteroatoms. The molecular formula is C19H25NO4. The maximum absolute atomic E-state index is 12.2. The molecule has 0 heterocycles. The Morgan fingerprint density at radius 3 is 2.79 bits per heavy atom. The Kier molecular flexibility index (Phi) is 4.90. The van der Waals surface area contributed by atoms with Gasteiger partial charge >= 0.3 is 5.97 Å². The Labute approximate surface area is 142 Å². The number of carbonyl (C=O) groups excluding carboxylic acids is 1. The first-order valence-corrected chi connectivity index (χ1v) is 8.75. The van der Waals surface area contributed by atoms with Gasteiger partial charge in [0.1, 0.15) is 5.41 Å². The van der Waals surface area contributed by atoms with E-state index in [1.807, 2.05) is 18.2 Å². The summed E-state index contributed by atoms with van der Waals surface area (Å²) in [6, 6.07) is 7.47. The molecule has 3 rings (SSSR count). The maximum atomic E-state index is 12.2. The number of nitrogens with one attached hydrogen (secondary N) is 1. The van der Waals surface area contributed by atoms with Crippen LogP contribution in [0, 0.1) is 11.3 Å². The van der Waals surface area contributed by atoms with Crippen molar-refractivity contribution in [2.24, 2.45) is 11.3 Å². The zero-order valence-electron chi connectivity index (χ0n) is 14.1. The van der Waals surface area contributed by atoms with Gasteiger partial charge in [-0.3, -0.25) is 9.59 Å². The molecule has 1 aromatic rings. The lowest BCUT2D eigenvalue weighted by atomic mass is 9.89. The summed E-state index contributed by atoms with van der Waals surface area (Å²) in [6.07, 6.45) is 5.87. The fraction of sp³-hybridized carbons (Fsp3) is 0.579. The quantitative estimate of drug-likeness (QED) is 0.781. The van der Waals surface area contributed by atoms with Crippen LogP contribution in [0.3, 0.4) is 0 Å². The van der Waals surface area contributed by atoms with Gasteiger partial charge in [-0.2, -0.15) is 0 Å². The molecule has 0 bridgehead atoms. The van der Waals surface area contributed by atoms with Crippen LogP contribution in [-0.4, -0.2) is 23.1 Å². The number of carboxylic acid groups (broad SMARTS) is 1. The fourth-order valence-electron chi connectivity index (χ4n) is 3.40. The Morgan fingerprint density at radius 1 is 1.33 bits per heavy atom. The number of anilines is 1. The Bertz CT molecular complexity index is 624. The normalized spacial score (nSPS) is 25.0. The van der Waals surface area contributed by atoms with Crippen LogP contribution < -0.4 is 5.32 Å². The molecule has 1 amide bonds. The molecule has 1 aromatic carbocycles. The van der Waals surface area contributed by atoms with E-state index in [1.54, 1.807) is 6.07 Å². The number of amides is 1. The minimum Gasteiger partial charge on any atom is -0.480 e. The minimum atomic E-state index is -1.22. The van der Waals surface area contributed by atoms with Crippen molar-refractivity contribution in [1.29, 1.82) is 0 Å². The number of carboxylic acids is 1. The third-order valence-corrected chi connectivity index (χ3v) is 5.15. The predicted molar refractivity (Wildman–Crippen MR) is 90.6 cm³/mol. The van der Waals surface area contributed by atoms with Crippen molar-refractivity contribution in [2.75, 3.05) is 5.32 Å². The number of hydrogen-bond donors (Lipinski definition) is 2. The zero-order valence-corrected chi connectivity index (χ0v) is 14.1. The molecule has 2 aliphatic carbocycles. The number of rotatable bonds is 6. The van der Waals surface area contributed by atoms with Gasteiger partial charge in [0.25, 0.3) is 0 Å². The van der Waals surface area contributed by atoms with E-state index in [1.165, 1.54) is 12.8 Å². The van der Waals surface area contributed by atoms with Crippen molar-refractivity contribution < 1.29 is 19.4 Å². The molecule has 24 heavy (non-hydrogen) atoms. The highest BCUT2D eigenvalue weighted by Gasteiger charge is 2.57. The van der Waals surface area contributed by atoms with Gasteiger partial charge in [-0.1, -0.05) is 31.9 Å². The highest BCUT2D eigenvalue weighted by atomic mass is 16.5. The van der Waals surface area contributed by atoms with E-state index in [-0.39, 0.29) is 0 Å². The summed E-state index contributed by atoms with van der Waals surface area (Å²) >= 11 is 0. The van der Waals surface area contributed by atoms with E-state index in [2.05, 4.69) is 12.2 Å². The van der Waals surface area contributed by atoms with Crippen molar-refractivity contribution in [3.05, 3.63) is 29.8 Å². The molecular weight excluding hydrogens is 306 g/mol. The van der Waals surface area contributed by atoms with E-state index in [0.29, 0.717) is 31.2 Å². The van der Waals surface area contributed by atoms with E-state index in [0.717, 1.165) is 24.3 Å². The van der Waals surface area contributed by atoms with Crippen LogP contribution in [0.5, 0.6) is 0 Å². The second-order valence-corrected chi connectivity index (χ2v) is 7.25. The molecule has 2 atom stereocenters. The van der Waals surface area contributed by atoms with Crippen LogP contribution in [0.25, 0.3) is 0 Å². The second kappa shape index (κ2) is 6.93. The fourth-order valence-corrected chi connectivity index (χ4v) is 3.40. The van der Waals surface area contributed by atoms with E-state index < -0.39 is 17.3 Å². The highest BCUT2D eigenvalue weighted by molar-refractivity contribution is 6.10. The summed E-state index contributed by atoms with van der Waals surface area (Å²) in [6.45, 7) is 2.78. The number of aliphatic carboxylic acids is 1. The molecule has 2 saturated carbocycles. The number of ether oxygens (including phenoxy) is 1. The first-order valence-electron chi connectivity index (χ1n) is 8.75. The van der Waals surface area contributed by atoms with Gasteiger partial charge < -0.3 is 15.2 Å². The lowest BCUT2D eigenvalue weighted by Gasteiger charge is -2.26. The van der Waals surface area contributed by atoms with Crippen LogP contribution in [0.4, 0.5) is 5.69 Å². The number of carbonyl (C=O) groups is 2. The molecule has 0 radical (unpaired) electrons. The lowest BCUT2D eigenvalue weighted by molar-refractivity contribution is -0.147. The summed E-state index contributed by atoms with van der Waals surface area (Å²) in [5.74, 6) is -0.736. The van der Waals surface area contributed by atoms with Crippen molar-refractivity contribution >= 4 is 17.6 Å². The van der Waals surface area contributed by atoms with Crippen LogP contribution in [0.2, 0.25) is 0 Å². The number of hydrogen-bond acceptors (Lipinski definition) is 3. The molecule has 2 N–H and O–H groups in total. The first kappa shape index (κ1) is 17.0. The molecule has 2 unspecified atom stereocenters. The summed E-state index contributed by atoms with van der Waals surface area (Å²) < 4.78 is 6.01. The van der Waals surface area contributed by atoms with Crippen molar-refractivity contribution in [2.45, 2.75) is 58.2 Å². The molecule has 0 aromatic heterocycles.